The minimum absolute atomic E-state index is 0.327. The van der Waals surface area contributed by atoms with Crippen LogP contribution >= 0.6 is 0 Å². The van der Waals surface area contributed by atoms with E-state index in [2.05, 4.69) is 10.6 Å². The number of carbonyl (C=O) groups excluding carboxylic acids is 1. The molecule has 1 aliphatic rings. The fraction of sp³-hybridized carbons (Fsp3) is 0.259. The first kappa shape index (κ1) is 23.2. The number of hydrogen-bond donors (Lipinski definition) is 2. The second-order valence-corrected chi connectivity index (χ2v) is 7.82. The Balaban J connectivity index is 1.42. The summed E-state index contributed by atoms with van der Waals surface area (Å²) in [6, 6.07) is 18.9. The number of methoxy groups -OCH3 is 2. The number of benzene rings is 3. The van der Waals surface area contributed by atoms with Crippen molar-refractivity contribution < 1.29 is 19.0 Å². The summed E-state index contributed by atoms with van der Waals surface area (Å²) in [6.45, 7) is 3.18. The van der Waals surface area contributed by atoms with E-state index in [0.717, 1.165) is 35.6 Å². The van der Waals surface area contributed by atoms with E-state index in [4.69, 9.17) is 19.2 Å². The first-order valence-corrected chi connectivity index (χ1v) is 11.3. The molecule has 0 aromatic heterocycles. The minimum Gasteiger partial charge on any atom is -0.493 e. The maximum Gasteiger partial charge on any atom is 0.323 e. The summed E-state index contributed by atoms with van der Waals surface area (Å²) in [4.78, 5) is 17.2. The van der Waals surface area contributed by atoms with E-state index in [1.807, 2.05) is 61.5 Å². The number of para-hydroxylation sites is 2. The van der Waals surface area contributed by atoms with Gasteiger partial charge in [0.25, 0.3) is 0 Å². The number of amides is 2. The van der Waals surface area contributed by atoms with Gasteiger partial charge < -0.3 is 24.8 Å². The van der Waals surface area contributed by atoms with E-state index < -0.39 is 0 Å². The zero-order chi connectivity index (χ0) is 23.9. The van der Waals surface area contributed by atoms with E-state index in [1.165, 1.54) is 5.56 Å². The van der Waals surface area contributed by atoms with E-state index >= 15 is 0 Å². The van der Waals surface area contributed by atoms with Gasteiger partial charge in [0.05, 0.1) is 26.5 Å². The van der Waals surface area contributed by atoms with Crippen LogP contribution in [-0.2, 0) is 12.8 Å². The van der Waals surface area contributed by atoms with Crippen LogP contribution in [0.1, 0.15) is 23.6 Å². The van der Waals surface area contributed by atoms with Gasteiger partial charge in [0, 0.05) is 29.9 Å². The van der Waals surface area contributed by atoms with Crippen molar-refractivity contribution in [3.63, 3.8) is 0 Å². The number of hydrogen-bond acceptors (Lipinski definition) is 5. The third kappa shape index (κ3) is 5.31. The monoisotopic (exact) mass is 459 g/mol. The summed E-state index contributed by atoms with van der Waals surface area (Å²) in [7, 11) is 3.29. The molecule has 7 heteroatoms. The van der Waals surface area contributed by atoms with E-state index in [1.54, 1.807) is 20.3 Å². The van der Waals surface area contributed by atoms with Gasteiger partial charge >= 0.3 is 6.03 Å². The van der Waals surface area contributed by atoms with Crippen molar-refractivity contribution >= 4 is 23.1 Å². The number of nitrogens with one attached hydrogen (secondary N) is 2. The molecular formula is C27H29N3O4. The molecule has 2 N–H and O–H groups in total. The minimum atomic E-state index is -0.327. The number of anilines is 2. The highest BCUT2D eigenvalue weighted by Gasteiger charge is 2.19. The number of ether oxygens (including phenoxy) is 3. The van der Waals surface area contributed by atoms with Gasteiger partial charge in [0.1, 0.15) is 5.75 Å². The summed E-state index contributed by atoms with van der Waals surface area (Å²) in [5, 5.41) is 5.71. The molecular weight excluding hydrogens is 430 g/mol. The lowest BCUT2D eigenvalue weighted by Gasteiger charge is -2.20. The van der Waals surface area contributed by atoms with Gasteiger partial charge in [-0.15, -0.1) is 0 Å². The molecule has 0 aliphatic carbocycles. The Labute approximate surface area is 199 Å². The van der Waals surface area contributed by atoms with Crippen LogP contribution in [0.5, 0.6) is 17.2 Å². The number of nitrogens with zero attached hydrogens (tertiary/aromatic N) is 1. The van der Waals surface area contributed by atoms with Crippen molar-refractivity contribution in [2.24, 2.45) is 4.99 Å². The maximum atomic E-state index is 12.5. The van der Waals surface area contributed by atoms with Crippen LogP contribution in [0.2, 0.25) is 0 Å². The van der Waals surface area contributed by atoms with Gasteiger partial charge in [-0.05, 0) is 60.9 Å². The van der Waals surface area contributed by atoms with Crippen LogP contribution in [0, 0.1) is 0 Å². The van der Waals surface area contributed by atoms with Gasteiger partial charge in [0.2, 0.25) is 0 Å². The van der Waals surface area contributed by atoms with Crippen LogP contribution in [-0.4, -0.2) is 39.1 Å². The van der Waals surface area contributed by atoms with Crippen molar-refractivity contribution in [3.05, 3.63) is 77.4 Å². The average molecular weight is 460 g/mol. The Morgan fingerprint density at radius 3 is 2.41 bits per heavy atom. The van der Waals surface area contributed by atoms with Crippen molar-refractivity contribution in [1.82, 2.24) is 0 Å². The third-order valence-corrected chi connectivity index (χ3v) is 5.62. The molecule has 7 nitrogen and oxygen atoms in total. The summed E-state index contributed by atoms with van der Waals surface area (Å²) in [5.74, 6) is 2.07. The molecule has 3 aromatic rings. The van der Waals surface area contributed by atoms with Crippen LogP contribution in [0.25, 0.3) is 0 Å². The van der Waals surface area contributed by atoms with Gasteiger partial charge in [-0.3, -0.25) is 4.99 Å². The fourth-order valence-corrected chi connectivity index (χ4v) is 3.98. The first-order chi connectivity index (χ1) is 16.6. The molecule has 0 saturated carbocycles. The van der Waals surface area contributed by atoms with Gasteiger partial charge in [-0.2, -0.15) is 0 Å². The average Bonchev–Trinajstić information content (AvgIpc) is 2.86. The maximum absolute atomic E-state index is 12.5. The summed E-state index contributed by atoms with van der Waals surface area (Å²) in [5.41, 5.74) is 5.76. The molecule has 176 valence electrons. The third-order valence-electron chi connectivity index (χ3n) is 5.62. The molecule has 0 radical (unpaired) electrons. The molecule has 0 saturated heterocycles. The Hall–Kier alpha value is -4.00. The molecule has 4 rings (SSSR count). The molecule has 2 amide bonds. The number of urea groups is 1. The number of carbonyl (C=O) groups is 1. The standard InChI is InChI=1S/C27H29N3O4/c1-4-34-24-8-6-5-7-22(24)30-27(31)29-20-11-9-18(10-12-20)15-23-21-17-26(33-3)25(32-2)16-19(21)13-14-28-23/h5-12,16-17H,4,13-15H2,1-3H3,(H2,29,30,31). The molecule has 1 heterocycles. The van der Waals surface area contributed by atoms with E-state index in [0.29, 0.717) is 35.9 Å². The molecule has 0 spiro atoms. The molecule has 0 bridgehead atoms. The topological polar surface area (TPSA) is 81.2 Å². The van der Waals surface area contributed by atoms with Crippen LogP contribution in [0.3, 0.4) is 0 Å². The Kier molecular flexibility index (Phi) is 7.32. The Morgan fingerprint density at radius 1 is 0.941 bits per heavy atom. The number of fused-ring (bicyclic) bond motifs is 1. The highest BCUT2D eigenvalue weighted by atomic mass is 16.5. The van der Waals surface area contributed by atoms with Crippen LogP contribution < -0.4 is 24.8 Å². The summed E-state index contributed by atoms with van der Waals surface area (Å²) in [6.07, 6.45) is 1.57. The zero-order valence-electron chi connectivity index (χ0n) is 19.7. The Morgan fingerprint density at radius 2 is 1.68 bits per heavy atom. The second-order valence-electron chi connectivity index (χ2n) is 7.82. The van der Waals surface area contributed by atoms with Crippen LogP contribution in [0.15, 0.2) is 65.7 Å². The van der Waals surface area contributed by atoms with Crippen molar-refractivity contribution in [2.75, 3.05) is 38.0 Å². The molecule has 0 atom stereocenters. The quantitative estimate of drug-likeness (QED) is 0.477. The number of rotatable bonds is 8. The van der Waals surface area contributed by atoms with Gasteiger partial charge in [-0.25, -0.2) is 4.79 Å². The molecule has 1 aliphatic heterocycles. The predicted octanol–water partition coefficient (Wildman–Crippen LogP) is 5.33. The van der Waals surface area contributed by atoms with Gasteiger partial charge in [0.15, 0.2) is 11.5 Å². The lowest BCUT2D eigenvalue weighted by Crippen LogP contribution is -2.20. The van der Waals surface area contributed by atoms with E-state index in [9.17, 15) is 4.79 Å². The SMILES string of the molecule is CCOc1ccccc1NC(=O)Nc1ccc(CC2=NCCc3cc(OC)c(OC)cc32)cc1. The van der Waals surface area contributed by atoms with Crippen molar-refractivity contribution in [2.45, 2.75) is 19.8 Å². The predicted molar refractivity (Wildman–Crippen MR) is 135 cm³/mol. The lowest BCUT2D eigenvalue weighted by atomic mass is 9.93. The smallest absolute Gasteiger partial charge is 0.323 e. The van der Waals surface area contributed by atoms with Crippen molar-refractivity contribution in [3.8, 4) is 17.2 Å². The number of aliphatic imine (C=N–C) groups is 1. The molecule has 0 unspecified atom stereocenters. The van der Waals surface area contributed by atoms with Crippen LogP contribution in [0.4, 0.5) is 16.2 Å². The Bertz CT molecular complexity index is 1190. The normalized spacial score (nSPS) is 12.3. The van der Waals surface area contributed by atoms with Crippen molar-refractivity contribution in [1.29, 1.82) is 0 Å². The summed E-state index contributed by atoms with van der Waals surface area (Å²) >= 11 is 0. The lowest BCUT2D eigenvalue weighted by molar-refractivity contribution is 0.262. The first-order valence-electron chi connectivity index (χ1n) is 11.3. The highest BCUT2D eigenvalue weighted by molar-refractivity contribution is 6.04. The molecule has 0 fully saturated rings. The second kappa shape index (κ2) is 10.7. The van der Waals surface area contributed by atoms with Gasteiger partial charge in [-0.1, -0.05) is 24.3 Å². The van der Waals surface area contributed by atoms with E-state index in [-0.39, 0.29) is 6.03 Å². The summed E-state index contributed by atoms with van der Waals surface area (Å²) < 4.78 is 16.5. The zero-order valence-corrected chi connectivity index (χ0v) is 19.7. The molecule has 3 aromatic carbocycles. The highest BCUT2D eigenvalue weighted by Crippen LogP contribution is 2.33. The fourth-order valence-electron chi connectivity index (χ4n) is 3.98. The largest absolute Gasteiger partial charge is 0.493 e. The molecule has 34 heavy (non-hydrogen) atoms.